The Morgan fingerprint density at radius 3 is 2.45 bits per heavy atom. The van der Waals surface area contributed by atoms with Crippen LogP contribution < -0.4 is 0 Å². The van der Waals surface area contributed by atoms with Crippen LogP contribution in [0.1, 0.15) is 28.4 Å². The zero-order valence-corrected chi connectivity index (χ0v) is 12.6. The number of hydrogen-bond acceptors (Lipinski definition) is 2. The van der Waals surface area contributed by atoms with Crippen molar-refractivity contribution in [2.24, 2.45) is 0 Å². The second-order valence-corrected chi connectivity index (χ2v) is 5.30. The monoisotopic (exact) mass is 291 g/mol. The maximum atomic E-state index is 11.8. The maximum absolute atomic E-state index is 11.8. The molecule has 1 N–H and O–H groups in total. The molecule has 0 aliphatic heterocycles. The molecule has 0 radical (unpaired) electrons. The molecule has 0 saturated carbocycles. The lowest BCUT2D eigenvalue weighted by atomic mass is 9.96. The average Bonchev–Trinajstić information content (AvgIpc) is 2.54. The van der Waals surface area contributed by atoms with E-state index < -0.39 is 5.97 Å². The van der Waals surface area contributed by atoms with Gasteiger partial charge < -0.3 is 5.11 Å². The van der Waals surface area contributed by atoms with Gasteiger partial charge in [0.25, 0.3) is 0 Å². The molecule has 1 aromatic heterocycles. The molecule has 0 spiro atoms. The fourth-order valence-electron chi connectivity index (χ4n) is 2.88. The van der Waals surface area contributed by atoms with Crippen molar-refractivity contribution in [2.75, 3.05) is 0 Å². The van der Waals surface area contributed by atoms with Gasteiger partial charge in [-0.3, -0.25) is 0 Å². The van der Waals surface area contributed by atoms with Crippen molar-refractivity contribution in [1.29, 1.82) is 0 Å². The van der Waals surface area contributed by atoms with Crippen LogP contribution in [0.25, 0.3) is 22.2 Å². The van der Waals surface area contributed by atoms with E-state index >= 15 is 0 Å². The smallest absolute Gasteiger partial charge is 0.336 e. The number of carbonyl (C=O) groups is 1. The summed E-state index contributed by atoms with van der Waals surface area (Å²) in [6, 6.07) is 15.5. The molecule has 0 saturated heterocycles. The van der Waals surface area contributed by atoms with E-state index in [2.05, 4.69) is 6.92 Å². The van der Waals surface area contributed by atoms with Gasteiger partial charge in [-0.15, -0.1) is 0 Å². The molecule has 0 unspecified atom stereocenters. The highest BCUT2D eigenvalue weighted by molar-refractivity contribution is 6.06. The zero-order valence-electron chi connectivity index (χ0n) is 12.6. The Hall–Kier alpha value is -2.68. The average molecular weight is 291 g/mol. The molecule has 3 rings (SSSR count). The molecule has 110 valence electrons. The van der Waals surface area contributed by atoms with Crippen molar-refractivity contribution < 1.29 is 9.90 Å². The van der Waals surface area contributed by atoms with Crippen molar-refractivity contribution in [2.45, 2.75) is 20.3 Å². The topological polar surface area (TPSA) is 50.2 Å². The summed E-state index contributed by atoms with van der Waals surface area (Å²) in [6.07, 6.45) is 0.820. The minimum atomic E-state index is -0.907. The predicted molar refractivity (Wildman–Crippen MR) is 88.3 cm³/mol. The fraction of sp³-hybridized carbons (Fsp3) is 0.158. The molecule has 0 aliphatic rings. The maximum Gasteiger partial charge on any atom is 0.336 e. The van der Waals surface area contributed by atoms with Crippen molar-refractivity contribution in [3.8, 4) is 11.3 Å². The molecule has 3 aromatic rings. The first kappa shape index (κ1) is 14.3. The molecule has 3 nitrogen and oxygen atoms in total. The number of hydrogen-bond donors (Lipinski definition) is 1. The Kier molecular flexibility index (Phi) is 3.63. The number of aromatic nitrogens is 1. The Labute approximate surface area is 129 Å². The van der Waals surface area contributed by atoms with Crippen molar-refractivity contribution >= 4 is 16.9 Å². The van der Waals surface area contributed by atoms with Crippen LogP contribution in [0.2, 0.25) is 0 Å². The van der Waals surface area contributed by atoms with Crippen LogP contribution in [0.4, 0.5) is 0 Å². The van der Waals surface area contributed by atoms with Gasteiger partial charge in [-0.25, -0.2) is 9.78 Å². The normalized spacial score (nSPS) is 10.8. The number of para-hydroxylation sites is 1. The molecule has 2 aromatic carbocycles. The summed E-state index contributed by atoms with van der Waals surface area (Å²) in [5.41, 5.74) is 4.59. The Balaban J connectivity index is 2.44. The van der Waals surface area contributed by atoms with E-state index in [1.165, 1.54) is 0 Å². The van der Waals surface area contributed by atoms with Crippen LogP contribution in [-0.4, -0.2) is 16.1 Å². The van der Waals surface area contributed by atoms with Gasteiger partial charge in [0.2, 0.25) is 0 Å². The van der Waals surface area contributed by atoms with Gasteiger partial charge in [0.1, 0.15) is 0 Å². The standard InChI is InChI=1S/C19H17NO2/c1-3-13-10-7-11-15-16(19(21)22)12(2)17(20-18(13)15)14-8-5-4-6-9-14/h4-11H,3H2,1-2H3,(H,21,22). The van der Waals surface area contributed by atoms with Gasteiger partial charge in [-0.1, -0.05) is 55.5 Å². The van der Waals surface area contributed by atoms with Crippen LogP contribution >= 0.6 is 0 Å². The third-order valence-corrected chi connectivity index (χ3v) is 3.98. The van der Waals surface area contributed by atoms with Gasteiger partial charge in [0.05, 0.1) is 16.8 Å². The van der Waals surface area contributed by atoms with Gasteiger partial charge in [0, 0.05) is 10.9 Å². The fourth-order valence-corrected chi connectivity index (χ4v) is 2.88. The third-order valence-electron chi connectivity index (χ3n) is 3.98. The third kappa shape index (κ3) is 2.25. The van der Waals surface area contributed by atoms with Gasteiger partial charge in [0.15, 0.2) is 0 Å². The van der Waals surface area contributed by atoms with Crippen LogP contribution in [0.5, 0.6) is 0 Å². The van der Waals surface area contributed by atoms with Crippen LogP contribution in [0, 0.1) is 6.92 Å². The van der Waals surface area contributed by atoms with E-state index in [-0.39, 0.29) is 0 Å². The lowest BCUT2D eigenvalue weighted by Crippen LogP contribution is -2.06. The molecule has 0 fully saturated rings. The lowest BCUT2D eigenvalue weighted by molar-refractivity contribution is 0.0698. The highest BCUT2D eigenvalue weighted by atomic mass is 16.4. The van der Waals surface area contributed by atoms with E-state index in [1.807, 2.05) is 55.5 Å². The van der Waals surface area contributed by atoms with E-state index in [4.69, 9.17) is 4.98 Å². The second kappa shape index (κ2) is 5.60. The van der Waals surface area contributed by atoms with Crippen LogP contribution in [-0.2, 0) is 6.42 Å². The first-order valence-electron chi connectivity index (χ1n) is 7.34. The Bertz CT molecular complexity index is 854. The molecule has 1 heterocycles. The van der Waals surface area contributed by atoms with Gasteiger partial charge in [-0.05, 0) is 24.5 Å². The zero-order chi connectivity index (χ0) is 15.7. The predicted octanol–water partition coefficient (Wildman–Crippen LogP) is 4.47. The number of fused-ring (bicyclic) bond motifs is 1. The summed E-state index contributed by atoms with van der Waals surface area (Å²) in [5.74, 6) is -0.907. The number of carboxylic acid groups (broad SMARTS) is 1. The summed E-state index contributed by atoms with van der Waals surface area (Å²) in [7, 11) is 0. The summed E-state index contributed by atoms with van der Waals surface area (Å²) in [5, 5.41) is 10.4. The number of nitrogens with zero attached hydrogens (tertiary/aromatic N) is 1. The minimum Gasteiger partial charge on any atom is -0.478 e. The molecule has 0 aliphatic carbocycles. The Morgan fingerprint density at radius 1 is 1.09 bits per heavy atom. The molecular formula is C19H17NO2. The molecule has 22 heavy (non-hydrogen) atoms. The van der Waals surface area contributed by atoms with Crippen molar-refractivity contribution in [3.63, 3.8) is 0 Å². The number of benzene rings is 2. The summed E-state index contributed by atoms with van der Waals surface area (Å²) >= 11 is 0. The molecule has 3 heteroatoms. The first-order chi connectivity index (χ1) is 10.6. The van der Waals surface area contributed by atoms with E-state index in [1.54, 1.807) is 0 Å². The lowest BCUT2D eigenvalue weighted by Gasteiger charge is -2.14. The van der Waals surface area contributed by atoms with Gasteiger partial charge in [-0.2, -0.15) is 0 Å². The molecule has 0 bridgehead atoms. The summed E-state index contributed by atoms with van der Waals surface area (Å²) < 4.78 is 0. The van der Waals surface area contributed by atoms with Crippen LogP contribution in [0.3, 0.4) is 0 Å². The largest absolute Gasteiger partial charge is 0.478 e. The highest BCUT2D eigenvalue weighted by Gasteiger charge is 2.19. The van der Waals surface area contributed by atoms with Crippen LogP contribution in [0.15, 0.2) is 48.5 Å². The number of rotatable bonds is 3. The molecular weight excluding hydrogens is 274 g/mol. The number of carboxylic acids is 1. The number of pyridine rings is 1. The number of aryl methyl sites for hydroxylation is 1. The van der Waals surface area contributed by atoms with Crippen molar-refractivity contribution in [1.82, 2.24) is 4.98 Å². The van der Waals surface area contributed by atoms with E-state index in [9.17, 15) is 9.90 Å². The van der Waals surface area contributed by atoms with E-state index in [0.29, 0.717) is 16.5 Å². The quantitative estimate of drug-likeness (QED) is 0.774. The van der Waals surface area contributed by atoms with Crippen molar-refractivity contribution in [3.05, 3.63) is 65.2 Å². The second-order valence-electron chi connectivity index (χ2n) is 5.30. The minimum absolute atomic E-state index is 0.346. The SMILES string of the molecule is CCc1cccc2c(C(=O)O)c(C)c(-c3ccccc3)nc12. The Morgan fingerprint density at radius 2 is 1.82 bits per heavy atom. The highest BCUT2D eigenvalue weighted by Crippen LogP contribution is 2.31. The first-order valence-corrected chi connectivity index (χ1v) is 7.34. The molecule has 0 atom stereocenters. The molecule has 0 amide bonds. The van der Waals surface area contributed by atoms with E-state index in [0.717, 1.165) is 28.8 Å². The van der Waals surface area contributed by atoms with Gasteiger partial charge >= 0.3 is 5.97 Å². The summed E-state index contributed by atoms with van der Waals surface area (Å²) in [6.45, 7) is 3.88. The number of aromatic carboxylic acids is 1. The summed E-state index contributed by atoms with van der Waals surface area (Å²) in [4.78, 5) is 16.6.